The first-order chi connectivity index (χ1) is 7.34. The van der Waals surface area contributed by atoms with Gasteiger partial charge in [-0.15, -0.1) is 0 Å². The van der Waals surface area contributed by atoms with Crippen LogP contribution in [-0.4, -0.2) is 18.5 Å². The topological polar surface area (TPSA) is 26.3 Å². The fourth-order valence-corrected chi connectivity index (χ4v) is 1.91. The molecule has 80 valence electrons. The van der Waals surface area contributed by atoms with Crippen LogP contribution in [0.2, 0.25) is 0 Å². The third kappa shape index (κ3) is 3.17. The molecule has 0 saturated carbocycles. The Hall–Kier alpha value is -1.15. The first-order valence-electron chi connectivity index (χ1n) is 5.52. The van der Waals surface area contributed by atoms with Gasteiger partial charge >= 0.3 is 0 Å². The third-order valence-electron chi connectivity index (χ3n) is 2.79. The van der Waals surface area contributed by atoms with Crippen LogP contribution >= 0.6 is 0 Å². The van der Waals surface area contributed by atoms with Crippen molar-refractivity contribution in [2.24, 2.45) is 0 Å². The van der Waals surface area contributed by atoms with Gasteiger partial charge in [0.05, 0.1) is 12.7 Å². The van der Waals surface area contributed by atoms with Crippen LogP contribution in [0.15, 0.2) is 30.3 Å². The minimum absolute atomic E-state index is 0.145. The Balaban J connectivity index is 1.80. The van der Waals surface area contributed by atoms with Gasteiger partial charge in [-0.2, -0.15) is 0 Å². The summed E-state index contributed by atoms with van der Waals surface area (Å²) >= 11 is 0. The van der Waals surface area contributed by atoms with E-state index in [9.17, 15) is 4.79 Å². The quantitative estimate of drug-likeness (QED) is 0.755. The van der Waals surface area contributed by atoms with Gasteiger partial charge in [0.2, 0.25) is 0 Å². The molecule has 1 aromatic carbocycles. The normalized spacial score (nSPS) is 21.6. The average molecular weight is 204 g/mol. The largest absolute Gasteiger partial charge is 0.377 e. The minimum Gasteiger partial charge on any atom is -0.377 e. The molecule has 2 heteroatoms. The van der Waals surface area contributed by atoms with E-state index >= 15 is 0 Å². The summed E-state index contributed by atoms with van der Waals surface area (Å²) in [6.07, 6.45) is 3.30. The highest BCUT2D eigenvalue weighted by Gasteiger charge is 2.19. The summed E-state index contributed by atoms with van der Waals surface area (Å²) in [6.45, 7) is 0.609. The predicted molar refractivity (Wildman–Crippen MR) is 58.7 cm³/mol. The SMILES string of the molecule is O=C1CCO[C@H](CCc2ccccc2)C1. The van der Waals surface area contributed by atoms with E-state index in [-0.39, 0.29) is 6.10 Å². The summed E-state index contributed by atoms with van der Waals surface area (Å²) in [5.74, 6) is 0.347. The van der Waals surface area contributed by atoms with Crippen molar-refractivity contribution in [1.82, 2.24) is 0 Å². The second-order valence-electron chi connectivity index (χ2n) is 4.01. The van der Waals surface area contributed by atoms with Crippen molar-refractivity contribution in [2.75, 3.05) is 6.61 Å². The van der Waals surface area contributed by atoms with Crippen molar-refractivity contribution in [3.63, 3.8) is 0 Å². The molecule has 2 nitrogen and oxygen atoms in total. The molecule has 0 bridgehead atoms. The molecule has 1 atom stereocenters. The van der Waals surface area contributed by atoms with Gasteiger partial charge in [-0.3, -0.25) is 4.79 Å². The molecule has 0 amide bonds. The molecule has 0 radical (unpaired) electrons. The second kappa shape index (κ2) is 5.08. The summed E-state index contributed by atoms with van der Waals surface area (Å²) in [6, 6.07) is 10.3. The van der Waals surface area contributed by atoms with Gasteiger partial charge in [0.1, 0.15) is 5.78 Å². The van der Waals surface area contributed by atoms with E-state index in [0.29, 0.717) is 25.2 Å². The Morgan fingerprint density at radius 2 is 2.07 bits per heavy atom. The van der Waals surface area contributed by atoms with Gasteiger partial charge in [-0.1, -0.05) is 30.3 Å². The van der Waals surface area contributed by atoms with Crippen LogP contribution in [0.3, 0.4) is 0 Å². The number of carbonyl (C=O) groups excluding carboxylic acids is 1. The molecule has 0 aliphatic carbocycles. The Labute approximate surface area is 90.3 Å². The first-order valence-corrected chi connectivity index (χ1v) is 5.52. The summed E-state index contributed by atoms with van der Waals surface area (Å²) in [4.78, 5) is 11.2. The second-order valence-corrected chi connectivity index (χ2v) is 4.01. The van der Waals surface area contributed by atoms with Crippen molar-refractivity contribution in [3.8, 4) is 0 Å². The number of Topliss-reactive ketones (excluding diaryl/α,β-unsaturated/α-hetero) is 1. The third-order valence-corrected chi connectivity index (χ3v) is 2.79. The monoisotopic (exact) mass is 204 g/mol. The first kappa shape index (κ1) is 10.4. The number of hydrogen-bond acceptors (Lipinski definition) is 2. The fourth-order valence-electron chi connectivity index (χ4n) is 1.91. The average Bonchev–Trinajstić information content (AvgIpc) is 2.28. The number of benzene rings is 1. The summed E-state index contributed by atoms with van der Waals surface area (Å²) in [7, 11) is 0. The Bertz CT molecular complexity index is 319. The van der Waals surface area contributed by atoms with Crippen LogP contribution in [0, 0.1) is 0 Å². The van der Waals surface area contributed by atoms with Crippen LogP contribution in [0.25, 0.3) is 0 Å². The van der Waals surface area contributed by atoms with Gasteiger partial charge in [0.25, 0.3) is 0 Å². The van der Waals surface area contributed by atoms with E-state index in [2.05, 4.69) is 12.1 Å². The Morgan fingerprint density at radius 1 is 1.27 bits per heavy atom. The van der Waals surface area contributed by atoms with Gasteiger partial charge in [0.15, 0.2) is 0 Å². The molecular formula is C13H16O2. The predicted octanol–water partition coefficient (Wildman–Crippen LogP) is 2.37. The zero-order valence-corrected chi connectivity index (χ0v) is 8.82. The van der Waals surface area contributed by atoms with E-state index in [1.165, 1.54) is 5.56 Å². The molecule has 1 aliphatic heterocycles. The lowest BCUT2D eigenvalue weighted by Crippen LogP contribution is -2.25. The van der Waals surface area contributed by atoms with Gasteiger partial charge < -0.3 is 4.74 Å². The maximum atomic E-state index is 11.2. The summed E-state index contributed by atoms with van der Waals surface area (Å²) in [5.41, 5.74) is 1.32. The highest BCUT2D eigenvalue weighted by atomic mass is 16.5. The van der Waals surface area contributed by atoms with Crippen LogP contribution in [0.4, 0.5) is 0 Å². The van der Waals surface area contributed by atoms with E-state index < -0.39 is 0 Å². The summed E-state index contributed by atoms with van der Waals surface area (Å²) < 4.78 is 5.55. The van der Waals surface area contributed by atoms with Gasteiger partial charge in [-0.05, 0) is 18.4 Å². The standard InChI is InChI=1S/C13H16O2/c14-12-8-9-15-13(10-12)7-6-11-4-2-1-3-5-11/h1-5,13H,6-10H2/t13-/m1/s1. The number of ether oxygens (including phenoxy) is 1. The van der Waals surface area contributed by atoms with E-state index in [0.717, 1.165) is 12.8 Å². The number of hydrogen-bond donors (Lipinski definition) is 0. The molecule has 0 spiro atoms. The lowest BCUT2D eigenvalue weighted by Gasteiger charge is -2.21. The molecule has 0 N–H and O–H groups in total. The molecule has 1 aliphatic rings. The Morgan fingerprint density at radius 3 is 2.80 bits per heavy atom. The number of rotatable bonds is 3. The lowest BCUT2D eigenvalue weighted by molar-refractivity contribution is -0.128. The van der Waals surface area contributed by atoms with Crippen molar-refractivity contribution < 1.29 is 9.53 Å². The maximum absolute atomic E-state index is 11.2. The maximum Gasteiger partial charge on any atom is 0.137 e. The molecule has 0 aromatic heterocycles. The fraction of sp³-hybridized carbons (Fsp3) is 0.462. The zero-order valence-electron chi connectivity index (χ0n) is 8.82. The van der Waals surface area contributed by atoms with Gasteiger partial charge in [-0.25, -0.2) is 0 Å². The van der Waals surface area contributed by atoms with Crippen LogP contribution in [0.5, 0.6) is 0 Å². The van der Waals surface area contributed by atoms with Crippen molar-refractivity contribution in [1.29, 1.82) is 0 Å². The molecule has 1 heterocycles. The molecule has 0 unspecified atom stereocenters. The molecule has 1 aromatic rings. The van der Waals surface area contributed by atoms with Crippen molar-refractivity contribution in [3.05, 3.63) is 35.9 Å². The van der Waals surface area contributed by atoms with Crippen molar-refractivity contribution in [2.45, 2.75) is 31.8 Å². The zero-order chi connectivity index (χ0) is 10.5. The summed E-state index contributed by atoms with van der Waals surface area (Å²) in [5, 5.41) is 0. The van der Waals surface area contributed by atoms with E-state index in [1.54, 1.807) is 0 Å². The number of carbonyl (C=O) groups is 1. The number of aryl methyl sites for hydroxylation is 1. The van der Waals surface area contributed by atoms with Gasteiger partial charge in [0, 0.05) is 12.8 Å². The van der Waals surface area contributed by atoms with Crippen molar-refractivity contribution >= 4 is 5.78 Å². The highest BCUT2D eigenvalue weighted by Crippen LogP contribution is 2.15. The lowest BCUT2D eigenvalue weighted by atomic mass is 10.0. The van der Waals surface area contributed by atoms with Crippen LogP contribution < -0.4 is 0 Å². The molecule has 2 rings (SSSR count). The minimum atomic E-state index is 0.145. The number of ketones is 1. The molecule has 1 saturated heterocycles. The van der Waals surface area contributed by atoms with E-state index in [4.69, 9.17) is 4.74 Å². The van der Waals surface area contributed by atoms with Crippen LogP contribution in [0.1, 0.15) is 24.8 Å². The Kier molecular flexibility index (Phi) is 3.51. The molecule has 15 heavy (non-hydrogen) atoms. The molecular weight excluding hydrogens is 188 g/mol. The van der Waals surface area contributed by atoms with E-state index in [1.807, 2.05) is 18.2 Å². The van der Waals surface area contributed by atoms with Crippen LogP contribution in [-0.2, 0) is 16.0 Å². The smallest absolute Gasteiger partial charge is 0.137 e. The highest BCUT2D eigenvalue weighted by molar-refractivity contribution is 5.79. The molecule has 1 fully saturated rings.